The summed E-state index contributed by atoms with van der Waals surface area (Å²) < 4.78 is 23.8. The molecule has 0 spiro atoms. The normalized spacial score (nSPS) is 13.7. The van der Waals surface area contributed by atoms with Crippen LogP contribution >= 0.6 is 7.82 Å². The van der Waals surface area contributed by atoms with Crippen molar-refractivity contribution in [3.8, 4) is 0 Å². The first-order valence-electron chi connectivity index (χ1n) is 32.4. The highest BCUT2D eigenvalue weighted by Gasteiger charge is 2.28. The average Bonchev–Trinajstić information content (AvgIpc) is 3.34. The highest BCUT2D eigenvalue weighted by atomic mass is 31.2. The van der Waals surface area contributed by atoms with Crippen molar-refractivity contribution in [1.29, 1.82) is 0 Å². The second kappa shape index (κ2) is 55.3. The van der Waals surface area contributed by atoms with Crippen LogP contribution in [0.4, 0.5) is 0 Å². The molecule has 0 aliphatic rings. The molecular formula is C63H130N2O6P+. The Balaban J connectivity index is 3.79. The fourth-order valence-electron chi connectivity index (χ4n) is 10.3. The van der Waals surface area contributed by atoms with Gasteiger partial charge >= 0.3 is 7.82 Å². The topological polar surface area (TPSA) is 105 Å². The molecule has 0 aliphatic heterocycles. The average molecular weight is 1040 g/mol. The van der Waals surface area contributed by atoms with Gasteiger partial charge < -0.3 is 19.8 Å². The lowest BCUT2D eigenvalue weighted by atomic mass is 10.0. The van der Waals surface area contributed by atoms with Crippen LogP contribution in [-0.4, -0.2) is 73.4 Å². The molecule has 9 heteroatoms. The van der Waals surface area contributed by atoms with Crippen LogP contribution in [0.2, 0.25) is 0 Å². The quantitative estimate of drug-likeness (QED) is 0.0318. The largest absolute Gasteiger partial charge is 0.472 e. The zero-order chi connectivity index (χ0) is 52.7. The number of quaternary nitrogens is 1. The third-order valence-corrected chi connectivity index (χ3v) is 16.3. The van der Waals surface area contributed by atoms with Gasteiger partial charge in [-0.25, -0.2) is 4.57 Å². The Bertz CT molecular complexity index is 1140. The number of hydrogen-bond acceptors (Lipinski definition) is 5. The van der Waals surface area contributed by atoms with Gasteiger partial charge in [-0.1, -0.05) is 328 Å². The van der Waals surface area contributed by atoms with Gasteiger partial charge in [0.25, 0.3) is 0 Å². The molecule has 0 aromatic carbocycles. The van der Waals surface area contributed by atoms with Crippen LogP contribution in [0, 0.1) is 0 Å². The van der Waals surface area contributed by atoms with E-state index in [0.717, 1.165) is 38.5 Å². The highest BCUT2D eigenvalue weighted by Crippen LogP contribution is 2.43. The molecule has 0 aromatic rings. The number of nitrogens with one attached hydrogen (secondary N) is 1. The number of carbonyl (C=O) groups excluding carboxylic acids is 1. The summed E-state index contributed by atoms with van der Waals surface area (Å²) in [5.41, 5.74) is 0. The Hall–Kier alpha value is -0.500. The number of carbonyl (C=O) groups is 1. The Morgan fingerprint density at radius 3 is 0.931 bits per heavy atom. The zero-order valence-corrected chi connectivity index (χ0v) is 50.4. The van der Waals surface area contributed by atoms with Crippen LogP contribution < -0.4 is 5.32 Å². The molecule has 1 amide bonds. The Morgan fingerprint density at radius 2 is 0.667 bits per heavy atom. The number of phosphoric ester groups is 1. The van der Waals surface area contributed by atoms with Gasteiger partial charge in [0.05, 0.1) is 39.9 Å². The predicted octanol–water partition coefficient (Wildman–Crippen LogP) is 20.0. The molecule has 0 saturated heterocycles. The SMILES string of the molecule is CCCCCCCCCCCCCCCCCCCCCCCCCCCCCCCCCCCCCCCCC(=O)NC(COP(=O)(O)OCC[N+](C)(C)C)C(O)CCCCCCCCCCCCCC. The molecule has 0 heterocycles. The van der Waals surface area contributed by atoms with E-state index in [1.165, 1.54) is 283 Å². The van der Waals surface area contributed by atoms with Crippen LogP contribution in [0.5, 0.6) is 0 Å². The lowest BCUT2D eigenvalue weighted by molar-refractivity contribution is -0.870. The van der Waals surface area contributed by atoms with Crippen molar-refractivity contribution in [3.63, 3.8) is 0 Å². The van der Waals surface area contributed by atoms with E-state index in [9.17, 15) is 19.4 Å². The van der Waals surface area contributed by atoms with E-state index in [1.807, 2.05) is 21.1 Å². The maximum Gasteiger partial charge on any atom is 0.472 e. The molecule has 0 aliphatic carbocycles. The molecule has 3 atom stereocenters. The molecule has 432 valence electrons. The molecule has 0 saturated carbocycles. The fourth-order valence-corrected chi connectivity index (χ4v) is 11.0. The van der Waals surface area contributed by atoms with Crippen LogP contribution in [-0.2, 0) is 18.4 Å². The van der Waals surface area contributed by atoms with Crippen molar-refractivity contribution in [2.45, 2.75) is 360 Å². The molecular weight excluding hydrogens is 912 g/mol. The van der Waals surface area contributed by atoms with Crippen LogP contribution in [0.25, 0.3) is 0 Å². The minimum atomic E-state index is -4.31. The van der Waals surface area contributed by atoms with Gasteiger partial charge in [0.15, 0.2) is 0 Å². The van der Waals surface area contributed by atoms with Crippen molar-refractivity contribution in [2.75, 3.05) is 40.9 Å². The maximum absolute atomic E-state index is 13.0. The fraction of sp³-hybridized carbons (Fsp3) is 0.984. The number of nitrogens with zero attached hydrogens (tertiary/aromatic N) is 1. The number of aliphatic hydroxyl groups is 1. The number of aliphatic hydroxyl groups excluding tert-OH is 1. The monoisotopic (exact) mass is 1040 g/mol. The lowest BCUT2D eigenvalue weighted by Crippen LogP contribution is -2.46. The van der Waals surface area contributed by atoms with Crippen molar-refractivity contribution in [3.05, 3.63) is 0 Å². The summed E-state index contributed by atoms with van der Waals surface area (Å²) in [6.45, 7) is 4.93. The molecule has 0 aromatic heterocycles. The Morgan fingerprint density at radius 1 is 0.417 bits per heavy atom. The van der Waals surface area contributed by atoms with Crippen LogP contribution in [0.15, 0.2) is 0 Å². The summed E-state index contributed by atoms with van der Waals surface area (Å²) in [5, 5.41) is 14.0. The number of rotatable bonds is 61. The maximum atomic E-state index is 13.0. The smallest absolute Gasteiger partial charge is 0.391 e. The minimum absolute atomic E-state index is 0.0789. The summed E-state index contributed by atoms with van der Waals surface area (Å²) in [6.07, 6.45) is 67.9. The van der Waals surface area contributed by atoms with Crippen LogP contribution in [0.1, 0.15) is 348 Å². The first-order valence-corrected chi connectivity index (χ1v) is 33.9. The molecule has 0 bridgehead atoms. The van der Waals surface area contributed by atoms with Crippen molar-refractivity contribution in [1.82, 2.24) is 5.32 Å². The first-order chi connectivity index (χ1) is 35.0. The van der Waals surface area contributed by atoms with E-state index in [1.54, 1.807) is 0 Å². The number of phosphoric acid groups is 1. The summed E-state index contributed by atoms with van der Waals surface area (Å²) in [7, 11) is 1.64. The molecule has 3 unspecified atom stereocenters. The summed E-state index contributed by atoms with van der Waals surface area (Å²) in [6, 6.07) is -0.754. The summed E-state index contributed by atoms with van der Waals surface area (Å²) in [4.78, 5) is 23.3. The van der Waals surface area contributed by atoms with E-state index in [2.05, 4.69) is 19.2 Å². The van der Waals surface area contributed by atoms with Gasteiger partial charge in [-0.05, 0) is 12.8 Å². The molecule has 3 N–H and O–H groups in total. The lowest BCUT2D eigenvalue weighted by Gasteiger charge is -2.26. The predicted molar refractivity (Wildman–Crippen MR) is 314 cm³/mol. The number of unbranched alkanes of at least 4 members (excludes halogenated alkanes) is 48. The number of amides is 1. The van der Waals surface area contributed by atoms with E-state index in [0.29, 0.717) is 23.9 Å². The zero-order valence-electron chi connectivity index (χ0n) is 49.5. The molecule has 0 rings (SSSR count). The van der Waals surface area contributed by atoms with E-state index in [-0.39, 0.29) is 19.1 Å². The molecule has 0 fully saturated rings. The van der Waals surface area contributed by atoms with Crippen LogP contribution in [0.3, 0.4) is 0 Å². The van der Waals surface area contributed by atoms with E-state index < -0.39 is 20.0 Å². The summed E-state index contributed by atoms with van der Waals surface area (Å²) in [5.74, 6) is -0.137. The van der Waals surface area contributed by atoms with Crippen molar-refractivity contribution >= 4 is 13.7 Å². The first kappa shape index (κ1) is 71.5. The minimum Gasteiger partial charge on any atom is -0.391 e. The standard InChI is InChI=1S/C63H129N2O6P/c1-6-8-10-12-14-16-18-20-21-22-23-24-25-26-27-28-29-30-31-32-33-34-35-36-37-38-39-40-41-42-43-44-45-47-49-51-53-55-57-63(67)64-61(60-71-72(68,69)70-59-58-65(3,4)5)62(66)56-54-52-50-48-46-19-17-15-13-11-9-7-2/h61-62,66H,6-60H2,1-5H3,(H-,64,67,68,69)/p+1. The van der Waals surface area contributed by atoms with Gasteiger partial charge in [-0.15, -0.1) is 0 Å². The summed E-state index contributed by atoms with van der Waals surface area (Å²) >= 11 is 0. The third-order valence-electron chi connectivity index (χ3n) is 15.4. The van der Waals surface area contributed by atoms with Gasteiger partial charge in [0, 0.05) is 6.42 Å². The highest BCUT2D eigenvalue weighted by molar-refractivity contribution is 7.47. The van der Waals surface area contributed by atoms with E-state index >= 15 is 0 Å². The van der Waals surface area contributed by atoms with Crippen molar-refractivity contribution in [2.24, 2.45) is 0 Å². The number of hydrogen-bond donors (Lipinski definition) is 3. The van der Waals surface area contributed by atoms with Gasteiger partial charge in [-0.2, -0.15) is 0 Å². The molecule has 8 nitrogen and oxygen atoms in total. The van der Waals surface area contributed by atoms with Crippen molar-refractivity contribution < 1.29 is 32.9 Å². The second-order valence-electron chi connectivity index (χ2n) is 23.9. The second-order valence-corrected chi connectivity index (χ2v) is 25.3. The Labute approximate surface area is 450 Å². The molecule has 72 heavy (non-hydrogen) atoms. The Kier molecular flexibility index (Phi) is 54.9. The third kappa shape index (κ3) is 57.2. The van der Waals surface area contributed by atoms with Gasteiger partial charge in [0.1, 0.15) is 13.2 Å². The number of likely N-dealkylation sites (N-methyl/N-ethyl adjacent to an activating group) is 1. The molecule has 0 radical (unpaired) electrons. The van der Waals surface area contributed by atoms with E-state index in [4.69, 9.17) is 9.05 Å². The van der Waals surface area contributed by atoms with Gasteiger partial charge in [-0.3, -0.25) is 13.8 Å². The van der Waals surface area contributed by atoms with Gasteiger partial charge in [0.2, 0.25) is 5.91 Å².